The summed E-state index contributed by atoms with van der Waals surface area (Å²) in [5, 5.41) is 46.7. The highest BCUT2D eigenvalue weighted by Crippen LogP contribution is 2.42. The number of Topliss-reactive ketones (excluding diaryl/α,β-unsaturated/α-hetero) is 1. The van der Waals surface area contributed by atoms with E-state index in [4.69, 9.17) is 37.9 Å². The molecule has 19 atom stereocenters. The molecule has 71 heavy (non-hydrogen) atoms. The van der Waals surface area contributed by atoms with Crippen LogP contribution in [0.5, 0.6) is 5.75 Å². The number of cyclic esters (lactones) is 1. The molecular weight excluding hydrogens is 945 g/mol. The fraction of sp³-hybridized carbons (Fsp3) is 0.824. The molecule has 4 fully saturated rings. The molecule has 0 saturated carbocycles. The van der Waals surface area contributed by atoms with Gasteiger partial charge >= 0.3 is 5.97 Å². The molecule has 1 aromatic carbocycles. The Balaban J connectivity index is 1.42. The van der Waals surface area contributed by atoms with E-state index in [9.17, 15) is 43.2 Å². The largest absolute Gasteiger partial charge is 0.489 e. The van der Waals surface area contributed by atoms with Crippen molar-refractivity contribution in [1.29, 1.82) is 0 Å². The number of rotatable bonds is 14. The number of likely N-dealkylation sites (N-methyl/N-ethyl adjacent to an activating group) is 1. The van der Waals surface area contributed by atoms with Gasteiger partial charge in [0, 0.05) is 76.6 Å². The maximum Gasteiger partial charge on any atom is 0.311 e. The lowest BCUT2D eigenvalue weighted by Gasteiger charge is -2.50. The van der Waals surface area contributed by atoms with Crippen molar-refractivity contribution in [3.63, 3.8) is 0 Å². The smallest absolute Gasteiger partial charge is 0.311 e. The van der Waals surface area contributed by atoms with Crippen LogP contribution >= 0.6 is 0 Å². The fourth-order valence-corrected chi connectivity index (χ4v) is 11.7. The predicted molar refractivity (Wildman–Crippen MR) is 260 cm³/mol. The molecule has 0 unspecified atom stereocenters. The first-order valence-electron chi connectivity index (χ1n) is 25.2. The summed E-state index contributed by atoms with van der Waals surface area (Å²) in [6.45, 7) is 17.9. The van der Waals surface area contributed by atoms with Crippen LogP contribution in [-0.2, 0) is 57.4 Å². The molecule has 19 nitrogen and oxygen atoms in total. The quantitative estimate of drug-likeness (QED) is 0.195. The first-order valence-corrected chi connectivity index (χ1v) is 27.1. The first kappa shape index (κ1) is 59.0. The van der Waals surface area contributed by atoms with Gasteiger partial charge < -0.3 is 68.1 Å². The second-order valence-corrected chi connectivity index (χ2v) is 23.5. The standard InChI is InChI=1S/C51H84N2O17S/c1-15-38-51(10,60)44(57)30(4)41(55)28(2)25-50(9,64-13)46(31(5)43(32(6)47(59)68-38)69-40-26-49(8,63-12)45(58)33(7)66-40)70-48-42(56)37(24-29(3)65-48)52(11)22-21-39(54)53-23-20-35(27-53)67-34-16-18-36(19-17-34)71(14,61)62/h16-19,28-33,35,37-38,40,42-46,48,56-58,60H,15,20-27H2,1-14H3/t28-,29-,30+,31+,32-,33+,35-,37+,38-,40+,42-,43+,44-,45+,46-,48-,49-,50-,51-/m1/s1. The van der Waals surface area contributed by atoms with E-state index in [-0.39, 0.29) is 48.4 Å². The number of sulfone groups is 1. The van der Waals surface area contributed by atoms with E-state index in [0.717, 1.165) is 6.26 Å². The van der Waals surface area contributed by atoms with Crippen LogP contribution in [0, 0.1) is 23.7 Å². The number of hydrogen-bond donors (Lipinski definition) is 4. The number of ketones is 1. The summed E-state index contributed by atoms with van der Waals surface area (Å²) in [6, 6.07) is 5.66. The third-order valence-corrected chi connectivity index (χ3v) is 17.0. The van der Waals surface area contributed by atoms with E-state index in [1.165, 1.54) is 40.2 Å². The van der Waals surface area contributed by atoms with Gasteiger partial charge in [-0.05, 0) is 92.1 Å². The van der Waals surface area contributed by atoms with Crippen molar-refractivity contribution in [2.75, 3.05) is 47.2 Å². The minimum absolute atomic E-state index is 0.0336. The average Bonchev–Trinajstić information content (AvgIpc) is 3.79. The summed E-state index contributed by atoms with van der Waals surface area (Å²) in [7, 11) is 1.43. The lowest BCUT2D eigenvalue weighted by molar-refractivity contribution is -0.319. The summed E-state index contributed by atoms with van der Waals surface area (Å²) < 4.78 is 74.4. The third-order valence-electron chi connectivity index (χ3n) is 15.9. The minimum atomic E-state index is -3.35. The monoisotopic (exact) mass is 1030 g/mol. The Morgan fingerprint density at radius 2 is 1.54 bits per heavy atom. The maximum atomic E-state index is 14.4. The first-order chi connectivity index (χ1) is 33.0. The number of aliphatic hydroxyl groups excluding tert-OH is 3. The van der Waals surface area contributed by atoms with E-state index < -0.39 is 124 Å². The van der Waals surface area contributed by atoms with E-state index in [2.05, 4.69) is 0 Å². The van der Waals surface area contributed by atoms with Crippen molar-refractivity contribution >= 4 is 27.5 Å². The zero-order valence-corrected chi connectivity index (χ0v) is 45.1. The second-order valence-electron chi connectivity index (χ2n) is 21.5. The fourth-order valence-electron chi connectivity index (χ4n) is 11.1. The van der Waals surface area contributed by atoms with E-state index >= 15 is 0 Å². The van der Waals surface area contributed by atoms with Crippen LogP contribution in [0.2, 0.25) is 0 Å². The number of carbonyl (C=O) groups is 3. The van der Waals surface area contributed by atoms with Gasteiger partial charge in [0.2, 0.25) is 5.91 Å². The Labute approximate surface area is 421 Å². The molecule has 406 valence electrons. The van der Waals surface area contributed by atoms with Gasteiger partial charge in [-0.2, -0.15) is 0 Å². The van der Waals surface area contributed by atoms with Gasteiger partial charge in [0.1, 0.15) is 41.5 Å². The summed E-state index contributed by atoms with van der Waals surface area (Å²) in [4.78, 5) is 46.1. The molecule has 4 saturated heterocycles. The van der Waals surface area contributed by atoms with Crippen LogP contribution in [0.4, 0.5) is 0 Å². The van der Waals surface area contributed by atoms with Gasteiger partial charge in [-0.1, -0.05) is 27.7 Å². The Hall–Kier alpha value is -2.86. The van der Waals surface area contributed by atoms with Crippen molar-refractivity contribution in [2.45, 2.75) is 203 Å². The number of aliphatic hydroxyl groups is 4. The van der Waals surface area contributed by atoms with Crippen LogP contribution in [-0.4, -0.2) is 194 Å². The molecule has 1 amide bonds. The normalized spacial score (nSPS) is 41.4. The third kappa shape index (κ3) is 13.5. The van der Waals surface area contributed by atoms with Crippen LogP contribution < -0.4 is 4.74 Å². The van der Waals surface area contributed by atoms with E-state index in [1.807, 2.05) is 25.8 Å². The molecule has 5 rings (SSSR count). The highest BCUT2D eigenvalue weighted by Gasteiger charge is 2.54. The number of likely N-dealkylation sites (tertiary alicyclic amines) is 1. The molecule has 20 heteroatoms. The number of ether oxygens (including phenoxy) is 8. The molecule has 4 aliphatic heterocycles. The zero-order chi connectivity index (χ0) is 53.1. The molecule has 4 aliphatic rings. The number of benzene rings is 1. The second kappa shape index (κ2) is 23.8. The number of carbonyl (C=O) groups excluding carboxylic acids is 3. The van der Waals surface area contributed by atoms with Crippen molar-refractivity contribution < 1.29 is 81.1 Å². The summed E-state index contributed by atoms with van der Waals surface area (Å²) >= 11 is 0. The number of amides is 1. The van der Waals surface area contributed by atoms with Gasteiger partial charge in [0.05, 0.1) is 59.1 Å². The highest BCUT2D eigenvalue weighted by atomic mass is 32.2. The zero-order valence-electron chi connectivity index (χ0n) is 44.3. The van der Waals surface area contributed by atoms with Gasteiger partial charge in [-0.15, -0.1) is 0 Å². The molecule has 0 aromatic heterocycles. The summed E-state index contributed by atoms with van der Waals surface area (Å²) in [6.07, 6.45) is -8.51. The Bertz CT molecular complexity index is 2060. The molecule has 0 aliphatic carbocycles. The van der Waals surface area contributed by atoms with Crippen molar-refractivity contribution in [3.05, 3.63) is 24.3 Å². The van der Waals surface area contributed by atoms with Crippen LogP contribution in [0.15, 0.2) is 29.2 Å². The topological polar surface area (TPSA) is 247 Å². The Morgan fingerprint density at radius 3 is 2.13 bits per heavy atom. The predicted octanol–water partition coefficient (Wildman–Crippen LogP) is 3.28. The number of nitrogens with zero attached hydrogens (tertiary/aromatic N) is 2. The highest BCUT2D eigenvalue weighted by molar-refractivity contribution is 7.90. The van der Waals surface area contributed by atoms with E-state index in [0.29, 0.717) is 38.2 Å². The lowest BCUT2D eigenvalue weighted by Crippen LogP contribution is -2.61. The molecule has 0 bridgehead atoms. The van der Waals surface area contributed by atoms with Crippen molar-refractivity contribution in [1.82, 2.24) is 9.80 Å². The van der Waals surface area contributed by atoms with Gasteiger partial charge in [-0.25, -0.2) is 8.42 Å². The SMILES string of the molecule is CC[C@H]1OC(=O)[C@H](C)[C@@H](O[C@H]2C[C@@](C)(OC)[C@@H](O)[C@H](C)O2)[C@H](C)[C@@H](O[C@H]2O[C@H](C)C[C@H](N(C)CCC(=O)N3CC[C@@H](Oc4ccc(S(C)(=O)=O)cc4)C3)[C@H]2O)[C@](C)(OC)C[C@@H](C)C(=O)[C@H](C)[C@@H](O)[C@]1(C)O. The number of esters is 1. The minimum Gasteiger partial charge on any atom is -0.489 e. The van der Waals surface area contributed by atoms with Crippen LogP contribution in [0.3, 0.4) is 0 Å². The molecule has 4 heterocycles. The van der Waals surface area contributed by atoms with E-state index in [1.54, 1.807) is 58.6 Å². The van der Waals surface area contributed by atoms with Crippen molar-refractivity contribution in [3.8, 4) is 5.75 Å². The van der Waals surface area contributed by atoms with Crippen molar-refractivity contribution in [2.24, 2.45) is 23.7 Å². The molecule has 0 radical (unpaired) electrons. The molecular formula is C51H84N2O17S. The molecule has 1 aromatic rings. The van der Waals surface area contributed by atoms with Crippen LogP contribution in [0.25, 0.3) is 0 Å². The molecule has 4 N–H and O–H groups in total. The average molecular weight is 1030 g/mol. The Morgan fingerprint density at radius 1 is 0.901 bits per heavy atom. The van der Waals surface area contributed by atoms with Gasteiger partial charge in [0.25, 0.3) is 0 Å². The molecule has 0 spiro atoms. The van der Waals surface area contributed by atoms with Gasteiger partial charge in [-0.3, -0.25) is 14.4 Å². The summed E-state index contributed by atoms with van der Waals surface area (Å²) in [5.41, 5.74) is -4.48. The van der Waals surface area contributed by atoms with Gasteiger partial charge in [0.15, 0.2) is 22.4 Å². The maximum absolute atomic E-state index is 14.4. The number of hydrogen-bond acceptors (Lipinski definition) is 18. The Kier molecular flexibility index (Phi) is 19.8. The van der Waals surface area contributed by atoms with Crippen LogP contribution in [0.1, 0.15) is 108 Å². The summed E-state index contributed by atoms with van der Waals surface area (Å²) in [5.74, 6) is -4.47. The number of methoxy groups -OCH3 is 2. The lowest BCUT2D eigenvalue weighted by atomic mass is 9.74.